The van der Waals surface area contributed by atoms with Crippen LogP contribution in [0.2, 0.25) is 0 Å². The van der Waals surface area contributed by atoms with Crippen molar-refractivity contribution in [2.45, 2.75) is 4.90 Å². The maximum absolute atomic E-state index is 14.1. The van der Waals surface area contributed by atoms with Gasteiger partial charge in [0.05, 0.1) is 14.0 Å². The van der Waals surface area contributed by atoms with Gasteiger partial charge >= 0.3 is 0 Å². The molecule has 4 rings (SSSR count). The van der Waals surface area contributed by atoms with E-state index in [1.807, 2.05) is 4.72 Å². The Kier molecular flexibility index (Phi) is 4.91. The van der Waals surface area contributed by atoms with Gasteiger partial charge in [-0.2, -0.15) is 0 Å². The van der Waals surface area contributed by atoms with Crippen LogP contribution in [0.5, 0.6) is 5.88 Å². The van der Waals surface area contributed by atoms with Gasteiger partial charge in [0.25, 0.3) is 10.0 Å². The standard InChI is InChI=1S/C21H14F3N3O3S/c1-30-21-19(27-31(28,29)20-16(23)9-15(22)10-17(20)24)8-14(11-26-21)12-4-5-18-13(7-12)3-2-6-25-18/h2-11,27H,1H3/i3D. The number of fused-ring (bicyclic) bond motifs is 1. The number of anilines is 1. The molecule has 0 saturated carbocycles. The topological polar surface area (TPSA) is 81.2 Å². The van der Waals surface area contributed by atoms with Crippen LogP contribution in [-0.2, 0) is 10.0 Å². The molecule has 0 aliphatic carbocycles. The predicted octanol–water partition coefficient (Wildman–Crippen LogP) is 4.52. The van der Waals surface area contributed by atoms with E-state index < -0.39 is 32.4 Å². The zero-order valence-electron chi connectivity index (χ0n) is 16.9. The Balaban J connectivity index is 1.79. The van der Waals surface area contributed by atoms with Crippen LogP contribution in [-0.4, -0.2) is 25.5 Å². The minimum Gasteiger partial charge on any atom is -0.480 e. The highest BCUT2D eigenvalue weighted by atomic mass is 32.2. The molecule has 0 unspecified atom stereocenters. The number of aromatic nitrogens is 2. The van der Waals surface area contributed by atoms with E-state index in [2.05, 4.69) is 9.97 Å². The monoisotopic (exact) mass is 446 g/mol. The minimum absolute atomic E-state index is 0.149. The van der Waals surface area contributed by atoms with Gasteiger partial charge in [0, 0.05) is 35.5 Å². The lowest BCUT2D eigenvalue weighted by Gasteiger charge is -2.14. The Hall–Kier alpha value is -3.66. The smallest absolute Gasteiger partial charge is 0.267 e. The normalized spacial score (nSPS) is 11.9. The minimum atomic E-state index is -4.79. The second kappa shape index (κ2) is 7.88. The molecule has 4 aromatic rings. The van der Waals surface area contributed by atoms with Gasteiger partial charge in [-0.05, 0) is 29.8 Å². The van der Waals surface area contributed by atoms with Crippen molar-refractivity contribution in [1.82, 2.24) is 9.97 Å². The molecular weight excluding hydrogens is 431 g/mol. The molecule has 0 fully saturated rings. The summed E-state index contributed by atoms with van der Waals surface area (Å²) < 4.78 is 81.7. The second-order valence-corrected chi connectivity index (χ2v) is 8.03. The molecular formula is C21H14F3N3O3S. The highest BCUT2D eigenvalue weighted by molar-refractivity contribution is 7.92. The number of hydrogen-bond donors (Lipinski definition) is 1. The number of hydrogen-bond acceptors (Lipinski definition) is 5. The Bertz CT molecular complexity index is 1440. The Morgan fingerprint density at radius 2 is 1.77 bits per heavy atom. The fourth-order valence-electron chi connectivity index (χ4n) is 3.02. The van der Waals surface area contributed by atoms with Crippen molar-refractivity contribution in [3.05, 3.63) is 78.4 Å². The van der Waals surface area contributed by atoms with Crippen LogP contribution in [0, 0.1) is 17.5 Å². The van der Waals surface area contributed by atoms with Gasteiger partial charge in [0.15, 0.2) is 4.90 Å². The van der Waals surface area contributed by atoms with Gasteiger partial charge in [0.1, 0.15) is 23.1 Å². The van der Waals surface area contributed by atoms with E-state index in [-0.39, 0.29) is 29.7 Å². The fourth-order valence-corrected chi connectivity index (χ4v) is 4.18. The third kappa shape index (κ3) is 4.02. The number of nitrogens with zero attached hydrogens (tertiary/aromatic N) is 2. The third-order valence-corrected chi connectivity index (χ3v) is 5.79. The van der Waals surface area contributed by atoms with Crippen molar-refractivity contribution in [2.24, 2.45) is 0 Å². The van der Waals surface area contributed by atoms with Gasteiger partial charge < -0.3 is 4.74 Å². The van der Waals surface area contributed by atoms with Crippen LogP contribution in [0.25, 0.3) is 22.0 Å². The average molecular weight is 446 g/mol. The van der Waals surface area contributed by atoms with Crippen molar-refractivity contribution in [3.8, 4) is 17.0 Å². The average Bonchev–Trinajstić information content (AvgIpc) is 2.72. The van der Waals surface area contributed by atoms with E-state index in [1.54, 1.807) is 18.2 Å². The van der Waals surface area contributed by atoms with Crippen LogP contribution >= 0.6 is 0 Å². The molecule has 0 atom stereocenters. The molecule has 2 heterocycles. The Morgan fingerprint density at radius 3 is 2.48 bits per heavy atom. The third-order valence-electron chi connectivity index (χ3n) is 4.38. The zero-order valence-corrected chi connectivity index (χ0v) is 16.7. The molecule has 2 aromatic carbocycles. The number of benzene rings is 2. The summed E-state index contributed by atoms with van der Waals surface area (Å²) in [6, 6.07) is 8.77. The predicted molar refractivity (Wildman–Crippen MR) is 109 cm³/mol. The van der Waals surface area contributed by atoms with Crippen LogP contribution in [0.1, 0.15) is 1.37 Å². The van der Waals surface area contributed by atoms with Gasteiger partial charge in [0.2, 0.25) is 5.88 Å². The summed E-state index contributed by atoms with van der Waals surface area (Å²) >= 11 is 0. The Labute approximate surface area is 176 Å². The molecule has 2 aromatic heterocycles. The van der Waals surface area contributed by atoms with Crippen molar-refractivity contribution in [2.75, 3.05) is 11.8 Å². The van der Waals surface area contributed by atoms with Gasteiger partial charge in [-0.3, -0.25) is 9.71 Å². The van der Waals surface area contributed by atoms with Crippen molar-refractivity contribution in [1.29, 1.82) is 0 Å². The number of methoxy groups -OCH3 is 1. The van der Waals surface area contributed by atoms with Gasteiger partial charge in [-0.15, -0.1) is 0 Å². The summed E-state index contributed by atoms with van der Waals surface area (Å²) in [6.45, 7) is 0. The molecule has 0 amide bonds. The number of rotatable bonds is 5. The Morgan fingerprint density at radius 1 is 1.03 bits per heavy atom. The summed E-state index contributed by atoms with van der Waals surface area (Å²) in [5.74, 6) is -4.56. The van der Waals surface area contributed by atoms with Crippen molar-refractivity contribution >= 4 is 26.6 Å². The van der Waals surface area contributed by atoms with Crippen molar-refractivity contribution in [3.63, 3.8) is 0 Å². The number of ether oxygens (including phenoxy) is 1. The number of sulfonamides is 1. The highest BCUT2D eigenvalue weighted by Gasteiger charge is 2.27. The van der Waals surface area contributed by atoms with Gasteiger partial charge in [-0.1, -0.05) is 12.1 Å². The maximum atomic E-state index is 14.1. The molecule has 0 saturated heterocycles. The summed E-state index contributed by atoms with van der Waals surface area (Å²) in [4.78, 5) is 6.90. The van der Waals surface area contributed by atoms with Crippen LogP contribution < -0.4 is 9.46 Å². The van der Waals surface area contributed by atoms with Crippen LogP contribution in [0.3, 0.4) is 0 Å². The molecule has 0 aliphatic heterocycles. The lowest BCUT2D eigenvalue weighted by atomic mass is 10.0. The lowest BCUT2D eigenvalue weighted by molar-refractivity contribution is 0.400. The SMILES string of the molecule is [2H]c1ccnc2ccc(-c3cnc(OC)c(NS(=O)(=O)c4c(F)cc(F)cc4F)c3)cc12. The molecule has 0 bridgehead atoms. The van der Waals surface area contributed by atoms with Crippen molar-refractivity contribution < 1.29 is 27.7 Å². The van der Waals surface area contributed by atoms with E-state index in [1.165, 1.54) is 31.6 Å². The fraction of sp³-hybridized carbons (Fsp3) is 0.0476. The summed E-state index contributed by atoms with van der Waals surface area (Å²) in [6.07, 6.45) is 2.93. The molecule has 158 valence electrons. The molecule has 0 spiro atoms. The highest BCUT2D eigenvalue weighted by Crippen LogP contribution is 2.32. The molecule has 31 heavy (non-hydrogen) atoms. The first-order valence-corrected chi connectivity index (χ1v) is 10.2. The summed E-state index contributed by atoms with van der Waals surface area (Å²) in [5.41, 5.74) is 1.44. The first-order chi connectivity index (χ1) is 15.2. The second-order valence-electron chi connectivity index (χ2n) is 6.41. The summed E-state index contributed by atoms with van der Waals surface area (Å²) in [7, 11) is -3.55. The van der Waals surface area contributed by atoms with E-state index in [9.17, 15) is 21.6 Å². The van der Waals surface area contributed by atoms with E-state index in [0.717, 1.165) is 0 Å². The molecule has 6 nitrogen and oxygen atoms in total. The first-order valence-electron chi connectivity index (χ1n) is 9.27. The number of pyridine rings is 2. The van der Waals surface area contributed by atoms with E-state index in [4.69, 9.17) is 6.11 Å². The van der Waals surface area contributed by atoms with Crippen LogP contribution in [0.15, 0.2) is 65.8 Å². The molecule has 0 radical (unpaired) electrons. The maximum Gasteiger partial charge on any atom is 0.267 e. The first kappa shape index (κ1) is 19.3. The van der Waals surface area contributed by atoms with E-state index >= 15 is 0 Å². The van der Waals surface area contributed by atoms with E-state index in [0.29, 0.717) is 22.0 Å². The number of nitrogens with one attached hydrogen (secondary N) is 1. The largest absolute Gasteiger partial charge is 0.480 e. The molecule has 10 heteroatoms. The molecule has 0 aliphatic rings. The summed E-state index contributed by atoms with van der Waals surface area (Å²) in [5, 5.41) is 0.568. The quantitative estimate of drug-likeness (QED) is 0.487. The number of halogens is 3. The zero-order chi connectivity index (χ0) is 23.0. The van der Waals surface area contributed by atoms with Crippen LogP contribution in [0.4, 0.5) is 18.9 Å². The molecule has 1 N–H and O–H groups in total. The van der Waals surface area contributed by atoms with Gasteiger partial charge in [-0.25, -0.2) is 26.6 Å². The lowest BCUT2D eigenvalue weighted by Crippen LogP contribution is -2.17.